The van der Waals surface area contributed by atoms with E-state index in [1.54, 1.807) is 23.0 Å². The van der Waals surface area contributed by atoms with Crippen molar-refractivity contribution in [3.05, 3.63) is 66.4 Å². The Bertz CT molecular complexity index is 916. The van der Waals surface area contributed by atoms with Crippen LogP contribution in [0, 0.1) is 6.92 Å². The number of primary sulfonamides is 1. The molecule has 1 heterocycles. The Morgan fingerprint density at radius 2 is 1.77 bits per heavy atom. The van der Waals surface area contributed by atoms with Crippen molar-refractivity contribution >= 4 is 10.0 Å². The standard InChI is InChI=1S/C16H15N3O2S/c1-12-11-14(22(17,20)21)7-8-15(12)19-16(9-10-18-19)13-5-3-2-4-6-13/h2-11H,1H3,(H2,17,20,21). The fraction of sp³-hybridized carbons (Fsp3) is 0.0625. The molecular formula is C16H15N3O2S. The van der Waals surface area contributed by atoms with Crippen molar-refractivity contribution in [2.75, 3.05) is 0 Å². The van der Waals surface area contributed by atoms with Gasteiger partial charge < -0.3 is 0 Å². The molecule has 2 aromatic carbocycles. The number of benzene rings is 2. The molecular weight excluding hydrogens is 298 g/mol. The zero-order valence-electron chi connectivity index (χ0n) is 12.0. The predicted molar refractivity (Wildman–Crippen MR) is 85.1 cm³/mol. The van der Waals surface area contributed by atoms with Crippen molar-refractivity contribution in [1.29, 1.82) is 0 Å². The van der Waals surface area contributed by atoms with E-state index < -0.39 is 10.0 Å². The Kier molecular flexibility index (Phi) is 3.56. The van der Waals surface area contributed by atoms with Crippen molar-refractivity contribution in [3.63, 3.8) is 0 Å². The molecule has 0 saturated carbocycles. The van der Waals surface area contributed by atoms with Gasteiger partial charge in [-0.25, -0.2) is 18.2 Å². The molecule has 0 atom stereocenters. The number of nitrogens with zero attached hydrogens (tertiary/aromatic N) is 2. The van der Waals surface area contributed by atoms with E-state index in [9.17, 15) is 8.42 Å². The molecule has 1 aromatic heterocycles. The molecule has 112 valence electrons. The summed E-state index contributed by atoms with van der Waals surface area (Å²) in [5.74, 6) is 0. The number of sulfonamides is 1. The Hall–Kier alpha value is -2.44. The van der Waals surface area contributed by atoms with Crippen LogP contribution in [0.2, 0.25) is 0 Å². The summed E-state index contributed by atoms with van der Waals surface area (Å²) in [6, 6.07) is 16.6. The topological polar surface area (TPSA) is 78.0 Å². The first-order valence-corrected chi connectivity index (χ1v) is 8.25. The molecule has 3 rings (SSSR count). The first-order valence-electron chi connectivity index (χ1n) is 6.70. The summed E-state index contributed by atoms with van der Waals surface area (Å²) in [5.41, 5.74) is 3.57. The smallest absolute Gasteiger partial charge is 0.233 e. The number of nitrogens with two attached hydrogens (primary N) is 1. The zero-order valence-corrected chi connectivity index (χ0v) is 12.8. The molecule has 0 spiro atoms. The number of aryl methyl sites for hydroxylation is 1. The summed E-state index contributed by atoms with van der Waals surface area (Å²) < 4.78 is 24.6. The average Bonchev–Trinajstić information content (AvgIpc) is 2.96. The molecule has 0 fully saturated rings. The molecule has 0 aliphatic heterocycles. The number of hydrogen-bond donors (Lipinski definition) is 1. The third kappa shape index (κ3) is 2.66. The molecule has 3 aromatic rings. The van der Waals surface area contributed by atoms with Gasteiger partial charge in [-0.1, -0.05) is 30.3 Å². The third-order valence-electron chi connectivity index (χ3n) is 3.44. The lowest BCUT2D eigenvalue weighted by atomic mass is 10.1. The van der Waals surface area contributed by atoms with E-state index in [4.69, 9.17) is 5.14 Å². The minimum atomic E-state index is -3.70. The molecule has 0 bridgehead atoms. The van der Waals surface area contributed by atoms with Gasteiger partial charge in [-0.2, -0.15) is 5.10 Å². The number of hydrogen-bond acceptors (Lipinski definition) is 3. The van der Waals surface area contributed by atoms with E-state index in [0.29, 0.717) is 0 Å². The zero-order chi connectivity index (χ0) is 15.7. The van der Waals surface area contributed by atoms with Gasteiger partial charge in [-0.15, -0.1) is 0 Å². The fourth-order valence-corrected chi connectivity index (χ4v) is 2.96. The van der Waals surface area contributed by atoms with Crippen LogP contribution < -0.4 is 5.14 Å². The van der Waals surface area contributed by atoms with Gasteiger partial charge in [-0.05, 0) is 36.8 Å². The summed E-state index contributed by atoms with van der Waals surface area (Å²) in [7, 11) is -3.70. The molecule has 0 aliphatic rings. The minimum absolute atomic E-state index is 0.0992. The van der Waals surface area contributed by atoms with Crippen molar-refractivity contribution in [1.82, 2.24) is 9.78 Å². The van der Waals surface area contributed by atoms with Gasteiger partial charge in [0.2, 0.25) is 10.0 Å². The average molecular weight is 313 g/mol. The highest BCUT2D eigenvalue weighted by molar-refractivity contribution is 7.89. The second-order valence-electron chi connectivity index (χ2n) is 4.99. The molecule has 2 N–H and O–H groups in total. The Labute approximate surface area is 129 Å². The lowest BCUT2D eigenvalue weighted by Gasteiger charge is -2.11. The third-order valence-corrected chi connectivity index (χ3v) is 4.35. The van der Waals surface area contributed by atoms with Gasteiger partial charge in [0.1, 0.15) is 0 Å². The highest BCUT2D eigenvalue weighted by Gasteiger charge is 2.13. The SMILES string of the molecule is Cc1cc(S(N)(=O)=O)ccc1-n1nccc1-c1ccccc1. The monoisotopic (exact) mass is 313 g/mol. The summed E-state index contributed by atoms with van der Waals surface area (Å²) in [4.78, 5) is 0.0992. The predicted octanol–water partition coefficient (Wildman–Crippen LogP) is 2.50. The van der Waals surface area contributed by atoms with Crippen LogP contribution in [0.25, 0.3) is 16.9 Å². The van der Waals surface area contributed by atoms with E-state index in [-0.39, 0.29) is 4.90 Å². The van der Waals surface area contributed by atoms with Crippen molar-refractivity contribution < 1.29 is 8.42 Å². The van der Waals surface area contributed by atoms with Gasteiger partial charge in [0.05, 0.1) is 22.5 Å². The fourth-order valence-electron chi connectivity index (χ4n) is 2.37. The van der Waals surface area contributed by atoms with Crippen molar-refractivity contribution in [3.8, 4) is 16.9 Å². The van der Waals surface area contributed by atoms with E-state index in [0.717, 1.165) is 22.5 Å². The van der Waals surface area contributed by atoms with Crippen LogP contribution in [0.1, 0.15) is 5.56 Å². The van der Waals surface area contributed by atoms with E-state index >= 15 is 0 Å². The molecule has 0 saturated heterocycles. The van der Waals surface area contributed by atoms with E-state index in [2.05, 4.69) is 5.10 Å². The largest absolute Gasteiger partial charge is 0.238 e. The van der Waals surface area contributed by atoms with Crippen molar-refractivity contribution in [2.24, 2.45) is 5.14 Å². The van der Waals surface area contributed by atoms with Crippen LogP contribution in [-0.4, -0.2) is 18.2 Å². The van der Waals surface area contributed by atoms with E-state index in [1.807, 2.05) is 43.3 Å². The highest BCUT2D eigenvalue weighted by atomic mass is 32.2. The Morgan fingerprint density at radius 1 is 1.05 bits per heavy atom. The number of aromatic nitrogens is 2. The van der Waals surface area contributed by atoms with Gasteiger partial charge in [0, 0.05) is 5.56 Å². The molecule has 0 unspecified atom stereocenters. The molecule has 5 nitrogen and oxygen atoms in total. The first kappa shape index (κ1) is 14.5. The highest BCUT2D eigenvalue weighted by Crippen LogP contribution is 2.25. The Balaban J connectivity index is 2.13. The summed E-state index contributed by atoms with van der Waals surface area (Å²) in [6.45, 7) is 1.83. The normalized spacial score (nSPS) is 11.5. The molecule has 6 heteroatoms. The van der Waals surface area contributed by atoms with Gasteiger partial charge in [0.15, 0.2) is 0 Å². The minimum Gasteiger partial charge on any atom is -0.233 e. The number of rotatable bonds is 3. The van der Waals surface area contributed by atoms with Crippen LogP contribution in [0.5, 0.6) is 0 Å². The van der Waals surface area contributed by atoms with Crippen LogP contribution in [0.3, 0.4) is 0 Å². The quantitative estimate of drug-likeness (QED) is 0.807. The van der Waals surface area contributed by atoms with E-state index in [1.165, 1.54) is 6.07 Å². The Morgan fingerprint density at radius 3 is 2.41 bits per heavy atom. The van der Waals surface area contributed by atoms with Gasteiger partial charge in [0.25, 0.3) is 0 Å². The molecule has 0 aliphatic carbocycles. The molecule has 0 amide bonds. The van der Waals surface area contributed by atoms with Crippen LogP contribution >= 0.6 is 0 Å². The lowest BCUT2D eigenvalue weighted by molar-refractivity contribution is 0.597. The van der Waals surface area contributed by atoms with Gasteiger partial charge >= 0.3 is 0 Å². The molecule has 0 radical (unpaired) electrons. The maximum absolute atomic E-state index is 11.4. The summed E-state index contributed by atoms with van der Waals surface area (Å²) >= 11 is 0. The maximum atomic E-state index is 11.4. The molecule has 22 heavy (non-hydrogen) atoms. The first-order chi connectivity index (χ1) is 10.5. The maximum Gasteiger partial charge on any atom is 0.238 e. The van der Waals surface area contributed by atoms with Crippen LogP contribution in [0.4, 0.5) is 0 Å². The summed E-state index contributed by atoms with van der Waals surface area (Å²) in [6.07, 6.45) is 1.72. The van der Waals surface area contributed by atoms with Crippen molar-refractivity contribution in [2.45, 2.75) is 11.8 Å². The second kappa shape index (κ2) is 5.40. The second-order valence-corrected chi connectivity index (χ2v) is 6.55. The summed E-state index contributed by atoms with van der Waals surface area (Å²) in [5, 5.41) is 9.52. The van der Waals surface area contributed by atoms with Crippen LogP contribution in [0.15, 0.2) is 65.7 Å². The van der Waals surface area contributed by atoms with Crippen LogP contribution in [-0.2, 0) is 10.0 Å². The van der Waals surface area contributed by atoms with Gasteiger partial charge in [-0.3, -0.25) is 0 Å². The lowest BCUT2D eigenvalue weighted by Crippen LogP contribution is -2.13.